The lowest BCUT2D eigenvalue weighted by molar-refractivity contribution is -0.132. The highest BCUT2D eigenvalue weighted by atomic mass is 32.1. The van der Waals surface area contributed by atoms with E-state index in [2.05, 4.69) is 53.5 Å². The first-order valence-corrected chi connectivity index (χ1v) is 12.1. The van der Waals surface area contributed by atoms with E-state index in [1.807, 2.05) is 33.3 Å². The molecule has 1 N–H and O–H groups in total. The normalized spacial score (nSPS) is 15.8. The molecule has 1 atom stereocenters. The van der Waals surface area contributed by atoms with Gasteiger partial charge in [-0.2, -0.15) is 0 Å². The molecule has 0 saturated carbocycles. The Kier molecular flexibility index (Phi) is 7.05. The van der Waals surface area contributed by atoms with Gasteiger partial charge in [-0.15, -0.1) is 11.3 Å². The zero-order valence-corrected chi connectivity index (χ0v) is 20.9. The predicted octanol–water partition coefficient (Wildman–Crippen LogP) is 3.79. The topological polar surface area (TPSA) is 60.9 Å². The molecule has 1 amide bonds. The summed E-state index contributed by atoms with van der Waals surface area (Å²) in [5.41, 5.74) is 4.14. The van der Waals surface area contributed by atoms with Crippen LogP contribution in [0.1, 0.15) is 7.85 Å². The minimum absolute atomic E-state index is 0. The summed E-state index contributed by atoms with van der Waals surface area (Å²) >= 11 is 1.75. The van der Waals surface area contributed by atoms with E-state index in [0.717, 1.165) is 54.3 Å². The van der Waals surface area contributed by atoms with E-state index < -0.39 is 0 Å². The number of hydrogen-bond acceptors (Lipinski definition) is 7. The fourth-order valence-corrected chi connectivity index (χ4v) is 5.20. The molecule has 0 bridgehead atoms. The summed E-state index contributed by atoms with van der Waals surface area (Å²) in [6.45, 7) is 3.05. The van der Waals surface area contributed by atoms with Crippen LogP contribution in [0.25, 0.3) is 21.5 Å². The lowest BCUT2D eigenvalue weighted by Gasteiger charge is -2.21. The van der Waals surface area contributed by atoms with Gasteiger partial charge in [0.2, 0.25) is 5.91 Å². The number of likely N-dealkylation sites (N-methyl/N-ethyl adjacent to an activating group) is 1. The molecule has 1 aliphatic rings. The molecule has 1 fully saturated rings. The van der Waals surface area contributed by atoms with Crippen molar-refractivity contribution in [2.45, 2.75) is 6.42 Å². The van der Waals surface area contributed by atoms with E-state index in [0.29, 0.717) is 6.61 Å². The second-order valence-corrected chi connectivity index (χ2v) is 9.89. The number of hydrogen-bond donors (Lipinski definition) is 1. The Labute approximate surface area is 201 Å². The molecule has 3 aromatic rings. The molecule has 2 aromatic heterocycles. The third kappa shape index (κ3) is 5.07. The first kappa shape index (κ1) is 23.3. The van der Waals surface area contributed by atoms with Gasteiger partial charge in [-0.25, -0.2) is 4.98 Å². The van der Waals surface area contributed by atoms with Gasteiger partial charge in [0.1, 0.15) is 12.4 Å². The van der Waals surface area contributed by atoms with Crippen LogP contribution in [0.15, 0.2) is 36.4 Å². The Morgan fingerprint density at radius 3 is 2.67 bits per heavy atom. The molecule has 0 aliphatic carbocycles. The predicted molar refractivity (Wildman–Crippen MR) is 140 cm³/mol. The van der Waals surface area contributed by atoms with Gasteiger partial charge in [0.25, 0.3) is 0 Å². The molecule has 8 heteroatoms. The van der Waals surface area contributed by atoms with E-state index in [1.54, 1.807) is 16.2 Å². The maximum Gasteiger partial charge on any atom is 0.227 e. The molecular formula is C25H35N5O2S. The van der Waals surface area contributed by atoms with Crippen molar-refractivity contribution < 1.29 is 11.0 Å². The summed E-state index contributed by atoms with van der Waals surface area (Å²) in [7, 11) is 9.70. The summed E-state index contributed by atoms with van der Waals surface area (Å²) < 4.78 is 6.94. The van der Waals surface area contributed by atoms with Crippen molar-refractivity contribution in [3.63, 3.8) is 0 Å². The van der Waals surface area contributed by atoms with E-state index in [-0.39, 0.29) is 13.3 Å². The van der Waals surface area contributed by atoms with Gasteiger partial charge >= 0.3 is 0 Å². The number of nitrogens with one attached hydrogen (secondary N) is 1. The standard InChI is InChI=1S/C25H33N5O2S.H2/c1-26-11-13-32-19-8-6-17(7-9-19)20-14-22(24-21(27-20)15-23(33-24)28(2)3)30-12-10-18(16-30)25(31)29(4)5;/h6-9,14-15,18,26H,10-13,16H2,1-5H3;1H. The number of benzene rings is 1. The number of anilines is 2. The molecule has 1 saturated heterocycles. The highest BCUT2D eigenvalue weighted by Crippen LogP contribution is 2.41. The number of carbonyl (C=O) groups excluding carboxylic acids is 1. The fraction of sp³-hybridized carbons (Fsp3) is 0.440. The van der Waals surface area contributed by atoms with Gasteiger partial charge in [-0.1, -0.05) is 0 Å². The second kappa shape index (κ2) is 9.97. The molecule has 0 spiro atoms. The molecule has 4 rings (SSSR count). The number of nitrogens with zero attached hydrogens (tertiary/aromatic N) is 4. The van der Waals surface area contributed by atoms with Crippen molar-refractivity contribution in [1.29, 1.82) is 0 Å². The Morgan fingerprint density at radius 1 is 1.24 bits per heavy atom. The van der Waals surface area contributed by atoms with Crippen molar-refractivity contribution in [1.82, 2.24) is 15.2 Å². The molecule has 33 heavy (non-hydrogen) atoms. The molecule has 0 radical (unpaired) electrons. The van der Waals surface area contributed by atoms with Crippen molar-refractivity contribution >= 4 is 38.1 Å². The molecular weight excluding hydrogens is 434 g/mol. The van der Waals surface area contributed by atoms with Gasteiger partial charge in [0.15, 0.2) is 0 Å². The average molecular weight is 470 g/mol. The zero-order valence-electron chi connectivity index (χ0n) is 20.1. The molecule has 1 unspecified atom stereocenters. The average Bonchev–Trinajstić information content (AvgIpc) is 3.46. The van der Waals surface area contributed by atoms with E-state index in [1.165, 1.54) is 9.70 Å². The lowest BCUT2D eigenvalue weighted by Crippen LogP contribution is -2.31. The summed E-state index contributed by atoms with van der Waals surface area (Å²) in [6.07, 6.45) is 0.876. The lowest BCUT2D eigenvalue weighted by atomic mass is 10.1. The highest BCUT2D eigenvalue weighted by Gasteiger charge is 2.31. The monoisotopic (exact) mass is 469 g/mol. The number of thiophene rings is 1. The maximum absolute atomic E-state index is 12.6. The van der Waals surface area contributed by atoms with Crippen LogP contribution in [0.5, 0.6) is 5.75 Å². The molecule has 7 nitrogen and oxygen atoms in total. The van der Waals surface area contributed by atoms with Crippen molar-refractivity contribution in [2.75, 3.05) is 71.3 Å². The van der Waals surface area contributed by atoms with Gasteiger partial charge in [0.05, 0.1) is 32.5 Å². The molecule has 3 heterocycles. The number of ether oxygens (including phenoxy) is 1. The number of pyridine rings is 1. The fourth-order valence-electron chi connectivity index (χ4n) is 4.13. The van der Waals surface area contributed by atoms with Gasteiger partial charge in [-0.3, -0.25) is 4.79 Å². The van der Waals surface area contributed by atoms with E-state index in [4.69, 9.17) is 9.72 Å². The number of amides is 1. The Hall–Kier alpha value is -2.84. The molecule has 178 valence electrons. The third-order valence-corrected chi connectivity index (χ3v) is 7.29. The van der Waals surface area contributed by atoms with Gasteiger partial charge < -0.3 is 24.8 Å². The smallest absolute Gasteiger partial charge is 0.227 e. The first-order chi connectivity index (χ1) is 15.9. The number of aromatic nitrogens is 1. The summed E-state index contributed by atoms with van der Waals surface area (Å²) in [4.78, 5) is 23.7. The summed E-state index contributed by atoms with van der Waals surface area (Å²) in [6, 6.07) is 12.5. The Balaban J connectivity index is 0.00000324. The van der Waals surface area contributed by atoms with Crippen molar-refractivity contribution in [3.05, 3.63) is 36.4 Å². The van der Waals surface area contributed by atoms with Crippen LogP contribution in [-0.2, 0) is 4.79 Å². The quantitative estimate of drug-likeness (QED) is 0.507. The highest BCUT2D eigenvalue weighted by molar-refractivity contribution is 7.23. The molecule has 1 aromatic carbocycles. The van der Waals surface area contributed by atoms with Gasteiger partial charge in [-0.05, 0) is 49.9 Å². The summed E-state index contributed by atoms with van der Waals surface area (Å²) in [5, 5.41) is 4.26. The first-order valence-electron chi connectivity index (χ1n) is 11.3. The van der Waals surface area contributed by atoms with Crippen LogP contribution in [-0.4, -0.2) is 77.3 Å². The van der Waals surface area contributed by atoms with Crippen LogP contribution in [0.3, 0.4) is 0 Å². The maximum atomic E-state index is 12.6. The van der Waals surface area contributed by atoms with Crippen LogP contribution in [0, 0.1) is 5.92 Å². The van der Waals surface area contributed by atoms with Crippen LogP contribution < -0.4 is 19.9 Å². The van der Waals surface area contributed by atoms with Crippen molar-refractivity contribution in [2.24, 2.45) is 5.92 Å². The zero-order chi connectivity index (χ0) is 23.5. The minimum atomic E-state index is 0. The van der Waals surface area contributed by atoms with Crippen LogP contribution in [0.4, 0.5) is 10.7 Å². The van der Waals surface area contributed by atoms with Gasteiger partial charge in [0, 0.05) is 54.8 Å². The largest absolute Gasteiger partial charge is 0.492 e. The number of carbonyl (C=O) groups is 1. The minimum Gasteiger partial charge on any atom is -0.492 e. The van der Waals surface area contributed by atoms with E-state index in [9.17, 15) is 4.79 Å². The number of rotatable bonds is 8. The molecule has 1 aliphatic heterocycles. The van der Waals surface area contributed by atoms with Crippen LogP contribution in [0.2, 0.25) is 0 Å². The number of fused-ring (bicyclic) bond motifs is 1. The van der Waals surface area contributed by atoms with E-state index >= 15 is 0 Å². The second-order valence-electron chi connectivity index (χ2n) is 8.86. The Bertz CT molecular complexity index is 1120. The van der Waals surface area contributed by atoms with Crippen molar-refractivity contribution in [3.8, 4) is 17.0 Å². The van der Waals surface area contributed by atoms with Crippen LogP contribution >= 0.6 is 11.3 Å². The SMILES string of the molecule is CNCCOc1ccc(-c2cc(N3CCC(C(=O)N(C)C)C3)c3sc(N(C)C)cc3n2)cc1.[HH]. The summed E-state index contributed by atoms with van der Waals surface area (Å²) in [5.74, 6) is 1.09. The Morgan fingerprint density at radius 2 is 2.00 bits per heavy atom. The third-order valence-electron chi connectivity index (χ3n) is 5.98.